The van der Waals surface area contributed by atoms with Gasteiger partial charge in [-0.15, -0.1) is 0 Å². The van der Waals surface area contributed by atoms with Crippen LogP contribution in [0.5, 0.6) is 0 Å². The highest BCUT2D eigenvalue weighted by molar-refractivity contribution is 6.26. The molecule has 0 aromatic carbocycles. The highest BCUT2D eigenvalue weighted by atomic mass is 35.5. The van der Waals surface area contributed by atoms with Crippen molar-refractivity contribution in [3.8, 4) is 0 Å². The Morgan fingerprint density at radius 1 is 1.00 bits per heavy atom. The summed E-state index contributed by atoms with van der Waals surface area (Å²) in [6.45, 7) is 0.906. The van der Waals surface area contributed by atoms with E-state index in [-0.39, 0.29) is 0 Å². The van der Waals surface area contributed by atoms with Crippen LogP contribution in [0.25, 0.3) is 0 Å². The summed E-state index contributed by atoms with van der Waals surface area (Å²) >= 11 is 8.50. The van der Waals surface area contributed by atoms with Crippen LogP contribution in [0.15, 0.2) is 0 Å². The Hall–Kier alpha value is 0.230. The minimum atomic E-state index is -5.09. The first-order chi connectivity index (χ1) is 5.06. The molecule has 0 bridgehead atoms. The summed E-state index contributed by atoms with van der Waals surface area (Å²) in [5, 5.41) is -8.81. The molecule has 0 aliphatic carbocycles. The van der Waals surface area contributed by atoms with Crippen molar-refractivity contribution in [3.05, 3.63) is 0 Å². The zero-order chi connectivity index (χ0) is 10.2. The van der Waals surface area contributed by atoms with Crippen molar-refractivity contribution >= 4 is 23.2 Å². The van der Waals surface area contributed by atoms with Crippen LogP contribution in [0.2, 0.25) is 0 Å². The van der Waals surface area contributed by atoms with Gasteiger partial charge in [0.2, 0.25) is 0 Å². The molecule has 1 unspecified atom stereocenters. The number of alkyl halides is 7. The lowest BCUT2D eigenvalue weighted by Gasteiger charge is -2.29. The van der Waals surface area contributed by atoms with E-state index in [9.17, 15) is 22.0 Å². The van der Waals surface area contributed by atoms with Gasteiger partial charge in [-0.1, -0.05) is 18.5 Å². The normalized spacial score (nSPS) is 19.0. The minimum Gasteiger partial charge on any atom is -0.219 e. The Labute approximate surface area is 75.6 Å². The average molecular weight is 231 g/mol. The summed E-state index contributed by atoms with van der Waals surface area (Å²) in [6, 6.07) is 0. The lowest BCUT2D eigenvalue weighted by Crippen LogP contribution is -2.50. The van der Waals surface area contributed by atoms with Crippen molar-refractivity contribution in [1.29, 1.82) is 0 Å². The molecule has 0 fully saturated rings. The largest absolute Gasteiger partial charge is 0.388 e. The maximum absolute atomic E-state index is 12.5. The van der Waals surface area contributed by atoms with Crippen molar-refractivity contribution in [2.24, 2.45) is 0 Å². The lowest BCUT2D eigenvalue weighted by molar-refractivity contribution is -0.209. The molecule has 0 nitrogen and oxygen atoms in total. The van der Waals surface area contributed by atoms with Gasteiger partial charge in [0.05, 0.1) is 0 Å². The predicted octanol–water partition coefficient (Wildman–Crippen LogP) is 3.77. The third kappa shape index (κ3) is 1.93. The van der Waals surface area contributed by atoms with E-state index in [4.69, 9.17) is 0 Å². The first kappa shape index (κ1) is 12.2. The van der Waals surface area contributed by atoms with E-state index in [2.05, 4.69) is 23.2 Å². The summed E-state index contributed by atoms with van der Waals surface area (Å²) in [5.41, 5.74) is 0. The Bertz CT molecular complexity index is 162. The fourth-order valence-electron chi connectivity index (χ4n) is 0.429. The van der Waals surface area contributed by atoms with Gasteiger partial charge in [0.15, 0.2) is 0 Å². The van der Waals surface area contributed by atoms with Crippen LogP contribution in [-0.2, 0) is 0 Å². The Balaban J connectivity index is 4.85. The summed E-state index contributed by atoms with van der Waals surface area (Å²) in [5.74, 6) is -5.09. The van der Waals surface area contributed by atoms with Crippen molar-refractivity contribution in [1.82, 2.24) is 0 Å². The van der Waals surface area contributed by atoms with Gasteiger partial charge >= 0.3 is 11.3 Å². The molecule has 0 aliphatic rings. The average Bonchev–Trinajstić information content (AvgIpc) is 1.85. The van der Waals surface area contributed by atoms with Gasteiger partial charge in [-0.2, -0.15) is 17.6 Å². The molecular formula is C5H5Cl2F5. The molecule has 74 valence electrons. The van der Waals surface area contributed by atoms with Crippen LogP contribution >= 0.6 is 23.2 Å². The van der Waals surface area contributed by atoms with Gasteiger partial charge < -0.3 is 0 Å². The van der Waals surface area contributed by atoms with E-state index in [0.29, 0.717) is 0 Å². The monoisotopic (exact) mass is 230 g/mol. The van der Waals surface area contributed by atoms with E-state index < -0.39 is 22.9 Å². The number of hydrogen-bond acceptors (Lipinski definition) is 0. The van der Waals surface area contributed by atoms with E-state index in [0.717, 1.165) is 6.92 Å². The SMILES string of the molecule is CCC(F)(Cl)C(F)(F)C(F)(F)Cl. The summed E-state index contributed by atoms with van der Waals surface area (Å²) in [6.07, 6.45) is -0.968. The zero-order valence-corrected chi connectivity index (χ0v) is 7.36. The van der Waals surface area contributed by atoms with E-state index in [1.807, 2.05) is 0 Å². The summed E-state index contributed by atoms with van der Waals surface area (Å²) in [4.78, 5) is 0. The van der Waals surface area contributed by atoms with E-state index in [1.54, 1.807) is 0 Å². The molecule has 0 amide bonds. The van der Waals surface area contributed by atoms with Crippen LogP contribution in [-0.4, -0.2) is 16.4 Å². The summed E-state index contributed by atoms with van der Waals surface area (Å²) < 4.78 is 60.9. The second-order valence-electron chi connectivity index (χ2n) is 2.13. The zero-order valence-electron chi connectivity index (χ0n) is 5.85. The number of hydrogen-bond donors (Lipinski definition) is 0. The molecule has 12 heavy (non-hydrogen) atoms. The first-order valence-corrected chi connectivity index (χ1v) is 3.64. The van der Waals surface area contributed by atoms with Crippen LogP contribution in [0.1, 0.15) is 13.3 Å². The van der Waals surface area contributed by atoms with E-state index in [1.165, 1.54) is 0 Å². The van der Waals surface area contributed by atoms with Gasteiger partial charge in [-0.25, -0.2) is 4.39 Å². The van der Waals surface area contributed by atoms with Crippen molar-refractivity contribution in [2.45, 2.75) is 29.8 Å². The third-order valence-corrected chi connectivity index (χ3v) is 2.00. The molecular weight excluding hydrogens is 226 g/mol. The highest BCUT2D eigenvalue weighted by Crippen LogP contribution is 2.50. The molecule has 0 rings (SSSR count). The van der Waals surface area contributed by atoms with Gasteiger partial charge in [-0.05, 0) is 18.0 Å². The second-order valence-corrected chi connectivity index (χ2v) is 3.20. The third-order valence-electron chi connectivity index (χ3n) is 1.26. The molecule has 0 saturated heterocycles. The van der Waals surface area contributed by atoms with Crippen LogP contribution < -0.4 is 0 Å². The molecule has 0 aromatic rings. The summed E-state index contributed by atoms with van der Waals surface area (Å²) in [7, 11) is 0. The smallest absolute Gasteiger partial charge is 0.219 e. The Morgan fingerprint density at radius 3 is 1.42 bits per heavy atom. The first-order valence-electron chi connectivity index (χ1n) is 2.88. The van der Waals surface area contributed by atoms with Crippen LogP contribution in [0, 0.1) is 0 Å². The molecule has 0 aliphatic heterocycles. The predicted molar refractivity (Wildman–Crippen MR) is 35.7 cm³/mol. The van der Waals surface area contributed by atoms with Crippen LogP contribution in [0.3, 0.4) is 0 Å². The fraction of sp³-hybridized carbons (Fsp3) is 1.00. The number of halogens is 7. The Kier molecular flexibility index (Phi) is 3.24. The molecule has 7 heteroatoms. The molecule has 0 heterocycles. The second kappa shape index (κ2) is 3.18. The quantitative estimate of drug-likeness (QED) is 0.512. The molecule has 0 spiro atoms. The maximum Gasteiger partial charge on any atom is 0.388 e. The standard InChI is InChI=1S/C5H5Cl2F5/c1-2-3(6,8)4(9,10)5(7,11)12/h2H2,1H3. The molecule has 0 N–H and O–H groups in total. The van der Waals surface area contributed by atoms with Crippen molar-refractivity contribution < 1.29 is 22.0 Å². The van der Waals surface area contributed by atoms with Gasteiger partial charge in [0, 0.05) is 0 Å². The van der Waals surface area contributed by atoms with Crippen molar-refractivity contribution in [3.63, 3.8) is 0 Å². The van der Waals surface area contributed by atoms with Crippen LogP contribution in [0.4, 0.5) is 22.0 Å². The molecule has 0 radical (unpaired) electrons. The Morgan fingerprint density at radius 2 is 1.33 bits per heavy atom. The van der Waals surface area contributed by atoms with Gasteiger partial charge in [0.1, 0.15) is 0 Å². The van der Waals surface area contributed by atoms with Gasteiger partial charge in [-0.3, -0.25) is 0 Å². The molecule has 0 saturated carbocycles. The minimum absolute atomic E-state index is 0.906. The lowest BCUT2D eigenvalue weighted by atomic mass is 10.1. The topological polar surface area (TPSA) is 0 Å². The van der Waals surface area contributed by atoms with Crippen molar-refractivity contribution in [2.75, 3.05) is 0 Å². The van der Waals surface area contributed by atoms with E-state index >= 15 is 0 Å². The fourth-order valence-corrected chi connectivity index (χ4v) is 0.746. The molecule has 0 aromatic heterocycles. The highest BCUT2D eigenvalue weighted by Gasteiger charge is 2.68. The van der Waals surface area contributed by atoms with Gasteiger partial charge in [0.25, 0.3) is 5.13 Å². The maximum atomic E-state index is 12.5. The number of rotatable bonds is 3. The molecule has 1 atom stereocenters.